The molecule has 9 heavy (non-hydrogen) atoms. The SMILES string of the molecule is COC(=O)C(C)(Br)CO. The van der Waals surface area contributed by atoms with Crippen LogP contribution in [0.2, 0.25) is 0 Å². The summed E-state index contributed by atoms with van der Waals surface area (Å²) in [6, 6.07) is 0. The van der Waals surface area contributed by atoms with Crippen molar-refractivity contribution in [3.8, 4) is 0 Å². The largest absolute Gasteiger partial charge is 0.468 e. The zero-order valence-corrected chi connectivity index (χ0v) is 6.93. The van der Waals surface area contributed by atoms with Crippen LogP contribution in [0.15, 0.2) is 0 Å². The first-order chi connectivity index (χ1) is 4.04. The summed E-state index contributed by atoms with van der Waals surface area (Å²) in [6.45, 7) is 1.28. The summed E-state index contributed by atoms with van der Waals surface area (Å²) >= 11 is 2.98. The van der Waals surface area contributed by atoms with E-state index >= 15 is 0 Å². The maximum Gasteiger partial charge on any atom is 0.324 e. The Hall–Kier alpha value is -0.0900. The van der Waals surface area contributed by atoms with Crippen molar-refractivity contribution < 1.29 is 14.6 Å². The standard InChI is InChI=1S/C5H9BrO3/c1-5(6,3-7)4(8)9-2/h7H,3H2,1-2H3. The molecule has 0 bridgehead atoms. The van der Waals surface area contributed by atoms with E-state index in [2.05, 4.69) is 20.7 Å². The van der Waals surface area contributed by atoms with Gasteiger partial charge in [-0.3, -0.25) is 4.79 Å². The maximum absolute atomic E-state index is 10.6. The van der Waals surface area contributed by atoms with Crippen molar-refractivity contribution in [1.29, 1.82) is 0 Å². The van der Waals surface area contributed by atoms with Crippen molar-refractivity contribution in [2.24, 2.45) is 0 Å². The van der Waals surface area contributed by atoms with Crippen molar-refractivity contribution in [3.05, 3.63) is 0 Å². The number of methoxy groups -OCH3 is 1. The van der Waals surface area contributed by atoms with Crippen LogP contribution in [0, 0.1) is 0 Å². The lowest BCUT2D eigenvalue weighted by molar-refractivity contribution is -0.143. The third-order valence-electron chi connectivity index (χ3n) is 0.908. The second-order valence-electron chi connectivity index (χ2n) is 1.85. The van der Waals surface area contributed by atoms with E-state index in [1.807, 2.05) is 0 Å². The number of rotatable bonds is 2. The van der Waals surface area contributed by atoms with Crippen molar-refractivity contribution in [1.82, 2.24) is 0 Å². The molecule has 0 aromatic carbocycles. The molecule has 0 heterocycles. The van der Waals surface area contributed by atoms with E-state index < -0.39 is 10.3 Å². The van der Waals surface area contributed by atoms with E-state index in [-0.39, 0.29) is 6.61 Å². The van der Waals surface area contributed by atoms with Gasteiger partial charge in [0.1, 0.15) is 4.32 Å². The average molecular weight is 197 g/mol. The molecule has 0 aromatic rings. The molecule has 1 N–H and O–H groups in total. The number of halogens is 1. The van der Waals surface area contributed by atoms with Gasteiger partial charge >= 0.3 is 5.97 Å². The molecule has 0 aliphatic heterocycles. The van der Waals surface area contributed by atoms with E-state index in [4.69, 9.17) is 5.11 Å². The third-order valence-corrected chi connectivity index (χ3v) is 1.48. The summed E-state index contributed by atoms with van der Waals surface area (Å²) in [5.41, 5.74) is 0. The van der Waals surface area contributed by atoms with Gasteiger partial charge in [-0.25, -0.2) is 0 Å². The summed E-state index contributed by atoms with van der Waals surface area (Å²) in [6.07, 6.45) is 0. The lowest BCUT2D eigenvalue weighted by Crippen LogP contribution is -2.33. The second-order valence-corrected chi connectivity index (χ2v) is 3.60. The second kappa shape index (κ2) is 3.17. The number of hydrogen-bond acceptors (Lipinski definition) is 3. The molecule has 0 saturated carbocycles. The highest BCUT2D eigenvalue weighted by atomic mass is 79.9. The molecule has 3 nitrogen and oxygen atoms in total. The van der Waals surface area contributed by atoms with Crippen LogP contribution in [0.4, 0.5) is 0 Å². The predicted octanol–water partition coefficient (Wildman–Crippen LogP) is 0.305. The fourth-order valence-corrected chi connectivity index (χ4v) is 0.439. The molecule has 0 radical (unpaired) electrons. The van der Waals surface area contributed by atoms with Crippen LogP contribution >= 0.6 is 15.9 Å². The molecule has 0 aliphatic rings. The quantitative estimate of drug-likeness (QED) is 0.511. The molecule has 1 unspecified atom stereocenters. The number of carbonyl (C=O) groups excluding carboxylic acids is 1. The minimum Gasteiger partial charge on any atom is -0.468 e. The minimum absolute atomic E-state index is 0.264. The van der Waals surface area contributed by atoms with Gasteiger partial charge in [0.15, 0.2) is 0 Å². The van der Waals surface area contributed by atoms with E-state index in [1.165, 1.54) is 7.11 Å². The molecule has 54 valence electrons. The molecule has 0 spiro atoms. The first-order valence-corrected chi connectivity index (χ1v) is 3.22. The molecule has 0 aliphatic carbocycles. The van der Waals surface area contributed by atoms with E-state index in [9.17, 15) is 4.79 Å². The zero-order chi connectivity index (χ0) is 7.49. The van der Waals surface area contributed by atoms with Gasteiger partial charge in [0.25, 0.3) is 0 Å². The van der Waals surface area contributed by atoms with E-state index in [1.54, 1.807) is 6.92 Å². The van der Waals surface area contributed by atoms with Crippen molar-refractivity contribution >= 4 is 21.9 Å². The molecule has 0 saturated heterocycles. The molecule has 0 rings (SSSR count). The summed E-state index contributed by atoms with van der Waals surface area (Å²) < 4.78 is 3.42. The van der Waals surface area contributed by atoms with Crippen molar-refractivity contribution in [2.45, 2.75) is 11.2 Å². The van der Waals surface area contributed by atoms with Crippen LogP contribution < -0.4 is 0 Å². The van der Waals surface area contributed by atoms with Gasteiger partial charge in [-0.2, -0.15) is 0 Å². The molecule has 0 fully saturated rings. The van der Waals surface area contributed by atoms with Gasteiger partial charge in [-0.15, -0.1) is 0 Å². The Kier molecular flexibility index (Phi) is 3.14. The maximum atomic E-state index is 10.6. The summed E-state index contributed by atoms with van der Waals surface area (Å²) in [7, 11) is 1.28. The third kappa shape index (κ3) is 2.32. The fourth-order valence-electron chi connectivity index (χ4n) is 0.277. The van der Waals surface area contributed by atoms with Gasteiger partial charge in [0.05, 0.1) is 13.7 Å². The van der Waals surface area contributed by atoms with Crippen molar-refractivity contribution in [3.63, 3.8) is 0 Å². The van der Waals surface area contributed by atoms with Gasteiger partial charge < -0.3 is 9.84 Å². The number of aliphatic hydroxyl groups is 1. The van der Waals surface area contributed by atoms with Crippen LogP contribution in [0.5, 0.6) is 0 Å². The van der Waals surface area contributed by atoms with Crippen molar-refractivity contribution in [2.75, 3.05) is 13.7 Å². The lowest BCUT2D eigenvalue weighted by Gasteiger charge is -2.14. The number of carbonyl (C=O) groups is 1. The minimum atomic E-state index is -0.943. The van der Waals surface area contributed by atoms with E-state index in [0.717, 1.165) is 0 Å². The Bertz CT molecular complexity index is 111. The molecule has 0 aromatic heterocycles. The van der Waals surface area contributed by atoms with Crippen LogP contribution in [0.25, 0.3) is 0 Å². The van der Waals surface area contributed by atoms with Crippen LogP contribution in [0.1, 0.15) is 6.92 Å². The van der Waals surface area contributed by atoms with Gasteiger partial charge in [0, 0.05) is 0 Å². The highest BCUT2D eigenvalue weighted by Gasteiger charge is 2.29. The van der Waals surface area contributed by atoms with Crippen LogP contribution in [-0.4, -0.2) is 29.1 Å². The summed E-state index contributed by atoms with van der Waals surface area (Å²) in [5, 5.41) is 8.55. The molecular formula is C5H9BrO3. The smallest absolute Gasteiger partial charge is 0.324 e. The summed E-state index contributed by atoms with van der Waals surface area (Å²) in [4.78, 5) is 10.6. The number of aliphatic hydroxyl groups excluding tert-OH is 1. The molecule has 4 heteroatoms. The number of ether oxygens (including phenoxy) is 1. The first-order valence-electron chi connectivity index (χ1n) is 2.43. The highest BCUT2D eigenvalue weighted by Crippen LogP contribution is 2.16. The Balaban J connectivity index is 3.97. The molecular weight excluding hydrogens is 188 g/mol. The lowest BCUT2D eigenvalue weighted by atomic mass is 10.2. The van der Waals surface area contributed by atoms with Gasteiger partial charge in [0.2, 0.25) is 0 Å². The Morgan fingerprint density at radius 3 is 2.44 bits per heavy atom. The Labute approximate surface area is 62.1 Å². The number of alkyl halides is 1. The summed E-state index contributed by atoms with van der Waals surface area (Å²) in [5.74, 6) is -0.468. The number of hydrogen-bond donors (Lipinski definition) is 1. The predicted molar refractivity (Wildman–Crippen MR) is 36.4 cm³/mol. The Morgan fingerprint density at radius 1 is 1.89 bits per heavy atom. The van der Waals surface area contributed by atoms with E-state index in [0.29, 0.717) is 0 Å². The molecule has 0 amide bonds. The van der Waals surface area contributed by atoms with Crippen LogP contribution in [-0.2, 0) is 9.53 Å². The number of esters is 1. The normalized spacial score (nSPS) is 16.4. The molecule has 1 atom stereocenters. The Morgan fingerprint density at radius 2 is 2.33 bits per heavy atom. The van der Waals surface area contributed by atoms with Gasteiger partial charge in [-0.1, -0.05) is 15.9 Å². The average Bonchev–Trinajstić information content (AvgIpc) is 1.86. The topological polar surface area (TPSA) is 46.5 Å². The highest BCUT2D eigenvalue weighted by molar-refractivity contribution is 9.10. The zero-order valence-electron chi connectivity index (χ0n) is 5.35. The van der Waals surface area contributed by atoms with Crippen LogP contribution in [0.3, 0.4) is 0 Å². The van der Waals surface area contributed by atoms with Gasteiger partial charge in [-0.05, 0) is 6.92 Å². The monoisotopic (exact) mass is 196 g/mol. The first kappa shape index (κ1) is 8.91. The fraction of sp³-hybridized carbons (Fsp3) is 0.800.